The third-order valence-corrected chi connectivity index (χ3v) is 2.42. The third kappa shape index (κ3) is 7.99. The molecule has 0 N–H and O–H groups in total. The Morgan fingerprint density at radius 1 is 1.38 bits per heavy atom. The summed E-state index contributed by atoms with van der Waals surface area (Å²) < 4.78 is 27.2. The van der Waals surface area contributed by atoms with Crippen LogP contribution in [-0.2, 0) is 14.3 Å². The van der Waals surface area contributed by atoms with Crippen LogP contribution < -0.4 is 0 Å². The molecule has 0 radical (unpaired) electrons. The largest absolute Gasteiger partial charge is 0.271 e. The zero-order valence-corrected chi connectivity index (χ0v) is 9.57. The van der Waals surface area contributed by atoms with Crippen molar-refractivity contribution in [2.24, 2.45) is 5.41 Å². The maximum atomic E-state index is 11.2. The quantitative estimate of drug-likeness (QED) is 0.521. The predicted molar refractivity (Wildman–Crippen MR) is 54.0 cm³/mol. The maximum Gasteiger partial charge on any atom is 0.271 e. The summed E-state index contributed by atoms with van der Waals surface area (Å²) in [5, 5.41) is 0. The number of rotatable bonds is 4. The average Bonchev–Trinajstić information content (AvgIpc) is 1.79. The molecule has 0 amide bonds. The highest BCUT2D eigenvalue weighted by Crippen LogP contribution is 2.15. The fraction of sp³-hybridized carbons (Fsp3) is 0.778. The van der Waals surface area contributed by atoms with Gasteiger partial charge in [-0.15, -0.1) is 0 Å². The van der Waals surface area contributed by atoms with E-state index in [-0.39, 0.29) is 17.8 Å². The van der Waals surface area contributed by atoms with E-state index in [1.54, 1.807) is 6.92 Å². The molecule has 3 nitrogen and oxygen atoms in total. The highest BCUT2D eigenvalue weighted by atomic mass is 32.2. The molecule has 78 valence electrons. The first-order chi connectivity index (χ1) is 5.62. The van der Waals surface area contributed by atoms with Crippen molar-refractivity contribution in [1.29, 1.82) is 0 Å². The van der Waals surface area contributed by atoms with Gasteiger partial charge < -0.3 is 0 Å². The second kappa shape index (κ2) is 4.24. The molecule has 0 heterocycles. The van der Waals surface area contributed by atoms with Crippen molar-refractivity contribution in [3.05, 3.63) is 12.2 Å². The molecule has 0 rings (SSSR count). The molecule has 0 aliphatic heterocycles. The van der Waals surface area contributed by atoms with Crippen LogP contribution in [0.4, 0.5) is 0 Å². The second-order valence-corrected chi connectivity index (χ2v) is 6.12. The zero-order valence-electron chi connectivity index (χ0n) is 8.75. The van der Waals surface area contributed by atoms with Crippen LogP contribution in [0.3, 0.4) is 0 Å². The molecule has 0 fully saturated rings. The molecular formula is C9H18O3S. The Morgan fingerprint density at radius 3 is 2.15 bits per heavy atom. The molecule has 13 heavy (non-hydrogen) atoms. The SMILES string of the molecule is C=C(C)CS(=O)(=O)OCC(C)(C)C. The first-order valence-electron chi connectivity index (χ1n) is 4.14. The summed E-state index contributed by atoms with van der Waals surface area (Å²) in [5.41, 5.74) is 0.455. The first kappa shape index (κ1) is 12.7. The Balaban J connectivity index is 4.13. The monoisotopic (exact) mass is 206 g/mol. The molecule has 0 aliphatic rings. The van der Waals surface area contributed by atoms with Gasteiger partial charge in [0.25, 0.3) is 10.1 Å². The standard InChI is InChI=1S/C9H18O3S/c1-8(2)6-13(10,11)12-7-9(3,4)5/h1,6-7H2,2-5H3. The first-order valence-corrected chi connectivity index (χ1v) is 5.72. The summed E-state index contributed by atoms with van der Waals surface area (Å²) in [6.45, 7) is 11.2. The van der Waals surface area contributed by atoms with Crippen molar-refractivity contribution in [3.8, 4) is 0 Å². The minimum Gasteiger partial charge on any atom is -0.269 e. The van der Waals surface area contributed by atoms with E-state index >= 15 is 0 Å². The smallest absolute Gasteiger partial charge is 0.269 e. The maximum absolute atomic E-state index is 11.2. The summed E-state index contributed by atoms with van der Waals surface area (Å²) >= 11 is 0. The van der Waals surface area contributed by atoms with Crippen LogP contribution in [0, 0.1) is 5.41 Å². The van der Waals surface area contributed by atoms with E-state index in [1.165, 1.54) is 0 Å². The van der Waals surface area contributed by atoms with Crippen molar-refractivity contribution in [3.63, 3.8) is 0 Å². The van der Waals surface area contributed by atoms with Gasteiger partial charge in [0.15, 0.2) is 0 Å². The van der Waals surface area contributed by atoms with E-state index in [1.807, 2.05) is 20.8 Å². The molecule has 0 aromatic rings. The lowest BCUT2D eigenvalue weighted by Crippen LogP contribution is -2.20. The minimum atomic E-state index is -3.41. The molecule has 0 saturated heterocycles. The summed E-state index contributed by atoms with van der Waals surface area (Å²) in [6.07, 6.45) is 0. The van der Waals surface area contributed by atoms with Crippen LogP contribution >= 0.6 is 0 Å². The molecule has 4 heteroatoms. The van der Waals surface area contributed by atoms with Gasteiger partial charge in [-0.3, -0.25) is 4.18 Å². The number of hydrogen-bond donors (Lipinski definition) is 0. The van der Waals surface area contributed by atoms with Gasteiger partial charge in [0.2, 0.25) is 0 Å². The molecule has 0 aliphatic carbocycles. The lowest BCUT2D eigenvalue weighted by molar-refractivity contribution is 0.204. The molecule has 0 saturated carbocycles. The molecule has 0 unspecified atom stereocenters. The highest BCUT2D eigenvalue weighted by molar-refractivity contribution is 7.86. The van der Waals surface area contributed by atoms with Gasteiger partial charge in [0.05, 0.1) is 12.4 Å². The van der Waals surface area contributed by atoms with Crippen molar-refractivity contribution in [1.82, 2.24) is 0 Å². The van der Waals surface area contributed by atoms with Crippen LogP contribution in [-0.4, -0.2) is 20.8 Å². The highest BCUT2D eigenvalue weighted by Gasteiger charge is 2.17. The van der Waals surface area contributed by atoms with Crippen LogP contribution in [0.25, 0.3) is 0 Å². The third-order valence-electron chi connectivity index (χ3n) is 1.09. The van der Waals surface area contributed by atoms with Crippen LogP contribution in [0.2, 0.25) is 0 Å². The lowest BCUT2D eigenvalue weighted by atomic mass is 9.99. The van der Waals surface area contributed by atoms with Gasteiger partial charge in [-0.2, -0.15) is 8.42 Å². The van der Waals surface area contributed by atoms with Gasteiger partial charge in [-0.1, -0.05) is 32.9 Å². The minimum absolute atomic E-state index is 0.0942. The molecule has 0 aromatic heterocycles. The van der Waals surface area contributed by atoms with E-state index < -0.39 is 10.1 Å². The molecule has 0 aromatic carbocycles. The lowest BCUT2D eigenvalue weighted by Gasteiger charge is -2.17. The average molecular weight is 206 g/mol. The van der Waals surface area contributed by atoms with Gasteiger partial charge in [-0.25, -0.2) is 0 Å². The fourth-order valence-corrected chi connectivity index (χ4v) is 1.83. The molecule has 0 bridgehead atoms. The van der Waals surface area contributed by atoms with E-state index in [4.69, 9.17) is 4.18 Å². The second-order valence-electron chi connectivity index (χ2n) is 4.48. The van der Waals surface area contributed by atoms with Crippen LogP contribution in [0.5, 0.6) is 0 Å². The van der Waals surface area contributed by atoms with Crippen molar-refractivity contribution >= 4 is 10.1 Å². The van der Waals surface area contributed by atoms with Crippen LogP contribution in [0.1, 0.15) is 27.7 Å². The Morgan fingerprint density at radius 2 is 1.85 bits per heavy atom. The Hall–Kier alpha value is -0.350. The molecular weight excluding hydrogens is 188 g/mol. The van der Waals surface area contributed by atoms with Gasteiger partial charge in [0, 0.05) is 0 Å². The summed E-state index contributed by atoms with van der Waals surface area (Å²) in [6, 6.07) is 0. The molecule has 0 atom stereocenters. The van der Waals surface area contributed by atoms with Crippen molar-refractivity contribution in [2.45, 2.75) is 27.7 Å². The van der Waals surface area contributed by atoms with Gasteiger partial charge >= 0.3 is 0 Å². The van der Waals surface area contributed by atoms with E-state index in [9.17, 15) is 8.42 Å². The summed E-state index contributed by atoms with van der Waals surface area (Å²) in [5.74, 6) is -0.0942. The Bertz CT molecular complexity index is 270. The number of hydrogen-bond acceptors (Lipinski definition) is 3. The zero-order chi connectivity index (χ0) is 10.7. The van der Waals surface area contributed by atoms with E-state index in [2.05, 4.69) is 6.58 Å². The van der Waals surface area contributed by atoms with Crippen molar-refractivity contribution < 1.29 is 12.6 Å². The van der Waals surface area contributed by atoms with Crippen LogP contribution in [0.15, 0.2) is 12.2 Å². The Kier molecular flexibility index (Phi) is 4.13. The Labute approximate surface area is 80.9 Å². The predicted octanol–water partition coefficient (Wildman–Crippen LogP) is 1.96. The van der Waals surface area contributed by atoms with Crippen molar-refractivity contribution in [2.75, 3.05) is 12.4 Å². The van der Waals surface area contributed by atoms with Gasteiger partial charge in [0.1, 0.15) is 0 Å². The van der Waals surface area contributed by atoms with E-state index in [0.29, 0.717) is 5.57 Å². The summed E-state index contributed by atoms with van der Waals surface area (Å²) in [4.78, 5) is 0. The summed E-state index contributed by atoms with van der Waals surface area (Å²) in [7, 11) is -3.41. The van der Waals surface area contributed by atoms with Gasteiger partial charge in [-0.05, 0) is 12.3 Å². The molecule has 0 spiro atoms. The van der Waals surface area contributed by atoms with E-state index in [0.717, 1.165) is 0 Å². The fourth-order valence-electron chi connectivity index (χ4n) is 0.610. The topological polar surface area (TPSA) is 43.4 Å². The normalized spacial score (nSPS) is 12.9.